The number of alkyl halides is 2. The lowest BCUT2D eigenvalue weighted by Gasteiger charge is -2.35. The SMILES string of the molecule is COc1cc(C(F)(F)[C@@H](NS(=O)(=O)c2ccc(OCC3CCCCC3)cc2)C(=O)N2CCC(N)CC2)ccc1Cl. The van der Waals surface area contributed by atoms with Crippen LogP contribution in [0.15, 0.2) is 47.4 Å². The maximum atomic E-state index is 16.0. The predicted molar refractivity (Wildman–Crippen MR) is 148 cm³/mol. The number of likely N-dealkylation sites (tertiary alicyclic amines) is 1. The zero-order valence-electron chi connectivity index (χ0n) is 22.5. The average Bonchev–Trinajstić information content (AvgIpc) is 2.95. The maximum Gasteiger partial charge on any atom is 0.298 e. The number of amides is 1. The molecule has 2 aliphatic rings. The van der Waals surface area contributed by atoms with E-state index in [2.05, 4.69) is 0 Å². The number of nitrogens with two attached hydrogens (primary N) is 1. The van der Waals surface area contributed by atoms with Crippen molar-refractivity contribution >= 4 is 27.5 Å². The molecule has 0 spiro atoms. The zero-order chi connectivity index (χ0) is 28.9. The van der Waals surface area contributed by atoms with E-state index in [4.69, 9.17) is 26.8 Å². The van der Waals surface area contributed by atoms with Crippen molar-refractivity contribution in [3.8, 4) is 11.5 Å². The third kappa shape index (κ3) is 7.23. The maximum absolute atomic E-state index is 16.0. The molecule has 0 unspecified atom stereocenters. The van der Waals surface area contributed by atoms with E-state index in [1.807, 2.05) is 4.72 Å². The lowest BCUT2D eigenvalue weighted by atomic mass is 9.90. The van der Waals surface area contributed by atoms with Gasteiger partial charge in [0.1, 0.15) is 11.5 Å². The number of rotatable bonds is 10. The van der Waals surface area contributed by atoms with Crippen LogP contribution < -0.4 is 19.9 Å². The summed E-state index contributed by atoms with van der Waals surface area (Å²) in [6.07, 6.45) is 6.63. The molecule has 1 saturated carbocycles. The van der Waals surface area contributed by atoms with Gasteiger partial charge in [-0.05, 0) is 68.0 Å². The molecule has 1 aliphatic carbocycles. The molecule has 4 rings (SSSR count). The van der Waals surface area contributed by atoms with Gasteiger partial charge in [0.15, 0.2) is 6.04 Å². The van der Waals surface area contributed by atoms with Gasteiger partial charge in [0.25, 0.3) is 5.92 Å². The van der Waals surface area contributed by atoms with E-state index in [0.717, 1.165) is 25.0 Å². The second-order valence-electron chi connectivity index (χ2n) is 10.5. The van der Waals surface area contributed by atoms with Crippen molar-refractivity contribution in [2.45, 2.75) is 67.8 Å². The van der Waals surface area contributed by atoms with Crippen molar-refractivity contribution < 1.29 is 31.5 Å². The molecule has 12 heteroatoms. The Balaban J connectivity index is 1.57. The number of methoxy groups -OCH3 is 1. The van der Waals surface area contributed by atoms with E-state index in [1.54, 1.807) is 0 Å². The number of ether oxygens (including phenoxy) is 2. The highest BCUT2D eigenvalue weighted by atomic mass is 35.5. The molecule has 220 valence electrons. The minimum absolute atomic E-state index is 0.0272. The van der Waals surface area contributed by atoms with Crippen molar-refractivity contribution in [2.75, 3.05) is 26.8 Å². The van der Waals surface area contributed by atoms with Crippen LogP contribution in [0.4, 0.5) is 8.78 Å². The Morgan fingerprint density at radius 3 is 2.38 bits per heavy atom. The lowest BCUT2D eigenvalue weighted by molar-refractivity contribution is -0.145. The van der Waals surface area contributed by atoms with Crippen LogP contribution in [0.5, 0.6) is 11.5 Å². The smallest absolute Gasteiger partial charge is 0.298 e. The van der Waals surface area contributed by atoms with Gasteiger partial charge >= 0.3 is 0 Å². The molecule has 2 fully saturated rings. The van der Waals surface area contributed by atoms with Crippen LogP contribution in [0.1, 0.15) is 50.5 Å². The van der Waals surface area contributed by atoms with Gasteiger partial charge in [0.05, 0.1) is 23.6 Å². The van der Waals surface area contributed by atoms with Crippen molar-refractivity contribution in [1.29, 1.82) is 0 Å². The number of hydrogen-bond acceptors (Lipinski definition) is 6. The molecular formula is C28H36ClF2N3O5S. The fourth-order valence-electron chi connectivity index (χ4n) is 5.12. The molecule has 1 heterocycles. The number of sulfonamides is 1. The summed E-state index contributed by atoms with van der Waals surface area (Å²) in [5.41, 5.74) is 5.30. The van der Waals surface area contributed by atoms with E-state index >= 15 is 8.78 Å². The average molecular weight is 600 g/mol. The standard InChI is InChI=1S/C28H36ClF2N3O5S/c1-38-25-17-20(7-12-24(25)29)28(30,31)26(27(35)34-15-13-21(32)14-16-34)33-40(36,37)23-10-8-22(9-11-23)39-18-19-5-3-2-4-6-19/h7-12,17,19,21,26,33H,2-6,13-16,18,32H2,1H3/t26-/m0/s1. The Bertz CT molecular complexity index is 1270. The van der Waals surface area contributed by atoms with E-state index in [0.29, 0.717) is 31.1 Å². The van der Waals surface area contributed by atoms with Crippen molar-refractivity contribution in [2.24, 2.45) is 11.7 Å². The minimum atomic E-state index is -4.54. The van der Waals surface area contributed by atoms with Gasteiger partial charge < -0.3 is 20.1 Å². The number of piperidine rings is 1. The van der Waals surface area contributed by atoms with Gasteiger partial charge in [-0.25, -0.2) is 8.42 Å². The summed E-state index contributed by atoms with van der Waals surface area (Å²) in [6, 6.07) is 6.23. The molecule has 0 aromatic heterocycles. The van der Waals surface area contributed by atoms with Gasteiger partial charge in [-0.3, -0.25) is 4.79 Å². The van der Waals surface area contributed by atoms with Crippen LogP contribution in [0, 0.1) is 5.92 Å². The summed E-state index contributed by atoms with van der Waals surface area (Å²) in [6.45, 7) is 0.827. The first-order chi connectivity index (χ1) is 19.0. The second-order valence-corrected chi connectivity index (χ2v) is 12.6. The van der Waals surface area contributed by atoms with Crippen LogP contribution in [-0.2, 0) is 20.7 Å². The summed E-state index contributed by atoms with van der Waals surface area (Å²) in [5.74, 6) is -4.06. The third-order valence-corrected chi connectivity index (χ3v) is 9.37. The molecule has 0 radical (unpaired) electrons. The number of carbonyl (C=O) groups excluding carboxylic acids is 1. The molecule has 1 amide bonds. The van der Waals surface area contributed by atoms with E-state index in [1.165, 1.54) is 61.6 Å². The first-order valence-electron chi connectivity index (χ1n) is 13.5. The lowest BCUT2D eigenvalue weighted by Crippen LogP contribution is -2.58. The fourth-order valence-corrected chi connectivity index (χ4v) is 6.51. The number of carbonyl (C=O) groups is 1. The van der Waals surface area contributed by atoms with Crippen molar-refractivity contribution in [1.82, 2.24) is 9.62 Å². The number of benzene rings is 2. The Morgan fingerprint density at radius 2 is 1.75 bits per heavy atom. The number of nitrogens with zero attached hydrogens (tertiary/aromatic N) is 1. The molecule has 2 aromatic carbocycles. The second kappa shape index (κ2) is 13.0. The fraction of sp³-hybridized carbons (Fsp3) is 0.536. The highest BCUT2D eigenvalue weighted by Crippen LogP contribution is 2.38. The number of nitrogens with one attached hydrogen (secondary N) is 1. The van der Waals surface area contributed by atoms with Gasteiger partial charge in [-0.15, -0.1) is 0 Å². The van der Waals surface area contributed by atoms with Crippen LogP contribution in [0.25, 0.3) is 0 Å². The summed E-state index contributed by atoms with van der Waals surface area (Å²) in [4.78, 5) is 14.4. The molecule has 2 aromatic rings. The minimum Gasteiger partial charge on any atom is -0.495 e. The van der Waals surface area contributed by atoms with Crippen LogP contribution in [-0.4, -0.2) is 58.1 Å². The highest BCUT2D eigenvalue weighted by Gasteiger charge is 2.50. The van der Waals surface area contributed by atoms with Crippen LogP contribution >= 0.6 is 11.6 Å². The monoisotopic (exact) mass is 599 g/mol. The Kier molecular flexibility index (Phi) is 9.92. The van der Waals surface area contributed by atoms with E-state index < -0.39 is 33.5 Å². The predicted octanol–water partition coefficient (Wildman–Crippen LogP) is 4.70. The van der Waals surface area contributed by atoms with Gasteiger partial charge in [-0.1, -0.05) is 36.9 Å². The Morgan fingerprint density at radius 1 is 1.10 bits per heavy atom. The van der Waals surface area contributed by atoms with Crippen LogP contribution in [0.2, 0.25) is 5.02 Å². The molecule has 40 heavy (non-hydrogen) atoms. The molecule has 1 saturated heterocycles. The molecule has 8 nitrogen and oxygen atoms in total. The summed E-state index contributed by atoms with van der Waals surface area (Å²) in [5, 5.41) is 0.0984. The molecule has 1 atom stereocenters. The van der Waals surface area contributed by atoms with Gasteiger partial charge in [-0.2, -0.15) is 13.5 Å². The molecule has 0 bridgehead atoms. The summed E-state index contributed by atoms with van der Waals surface area (Å²) in [7, 11) is -3.26. The van der Waals surface area contributed by atoms with Crippen LogP contribution in [0.3, 0.4) is 0 Å². The molecule has 1 aliphatic heterocycles. The number of halogens is 3. The Hall–Kier alpha value is -2.47. The normalized spacial score (nSPS) is 18.4. The van der Waals surface area contributed by atoms with Gasteiger partial charge in [0, 0.05) is 24.7 Å². The Labute approximate surface area is 239 Å². The van der Waals surface area contributed by atoms with Crippen molar-refractivity contribution in [3.05, 3.63) is 53.1 Å². The van der Waals surface area contributed by atoms with Gasteiger partial charge in [0.2, 0.25) is 15.9 Å². The topological polar surface area (TPSA) is 111 Å². The largest absolute Gasteiger partial charge is 0.495 e. The zero-order valence-corrected chi connectivity index (χ0v) is 24.0. The van der Waals surface area contributed by atoms with Crippen molar-refractivity contribution in [3.63, 3.8) is 0 Å². The molecular weight excluding hydrogens is 564 g/mol. The first-order valence-corrected chi connectivity index (χ1v) is 15.4. The first kappa shape index (κ1) is 30.5. The molecule has 3 N–H and O–H groups in total. The highest BCUT2D eigenvalue weighted by molar-refractivity contribution is 7.89. The quantitative estimate of drug-likeness (QED) is 0.410. The van der Waals surface area contributed by atoms with E-state index in [9.17, 15) is 13.2 Å². The van der Waals surface area contributed by atoms with E-state index in [-0.39, 0.29) is 34.8 Å². The third-order valence-electron chi connectivity index (χ3n) is 7.61. The summed E-state index contributed by atoms with van der Waals surface area (Å²) < 4.78 is 71.6. The number of hydrogen-bond donors (Lipinski definition) is 2. The summed E-state index contributed by atoms with van der Waals surface area (Å²) >= 11 is 6.01.